The summed E-state index contributed by atoms with van der Waals surface area (Å²) in [5.74, 6) is 1.54. The molecule has 3 rings (SSSR count). The van der Waals surface area contributed by atoms with Crippen LogP contribution in [0.2, 0.25) is 0 Å². The average Bonchev–Trinajstić information content (AvgIpc) is 2.62. The molecular weight excluding hydrogens is 354 g/mol. The molecule has 0 N–H and O–H groups in total. The number of aromatic nitrogens is 1. The van der Waals surface area contributed by atoms with Crippen LogP contribution in [0.25, 0.3) is 0 Å². The van der Waals surface area contributed by atoms with Crippen LogP contribution >= 0.6 is 15.9 Å². The molecule has 0 bridgehead atoms. The van der Waals surface area contributed by atoms with E-state index in [1.807, 2.05) is 60.7 Å². The third-order valence-electron chi connectivity index (χ3n) is 3.29. The molecule has 0 aliphatic carbocycles. The first-order chi connectivity index (χ1) is 11.3. The molecule has 1 heterocycles. The van der Waals surface area contributed by atoms with E-state index in [0.29, 0.717) is 13.2 Å². The van der Waals surface area contributed by atoms with Crippen molar-refractivity contribution in [3.8, 4) is 11.5 Å². The molecule has 2 aromatic carbocycles. The summed E-state index contributed by atoms with van der Waals surface area (Å²) in [6.07, 6.45) is 3.51. The molecule has 116 valence electrons. The van der Waals surface area contributed by atoms with Crippen LogP contribution in [-0.2, 0) is 13.2 Å². The minimum absolute atomic E-state index is 0.489. The second kappa shape index (κ2) is 7.79. The van der Waals surface area contributed by atoms with E-state index in [2.05, 4.69) is 20.9 Å². The summed E-state index contributed by atoms with van der Waals surface area (Å²) in [6.45, 7) is 1.02. The predicted octanol–water partition coefficient (Wildman–Crippen LogP) is 5.00. The lowest BCUT2D eigenvalue weighted by molar-refractivity contribution is 0.288. The van der Waals surface area contributed by atoms with Crippen molar-refractivity contribution in [1.29, 1.82) is 0 Å². The zero-order valence-electron chi connectivity index (χ0n) is 12.5. The van der Waals surface area contributed by atoms with E-state index in [1.54, 1.807) is 12.4 Å². The Kier molecular flexibility index (Phi) is 5.27. The van der Waals surface area contributed by atoms with E-state index >= 15 is 0 Å². The summed E-state index contributed by atoms with van der Waals surface area (Å²) in [7, 11) is 0. The quantitative estimate of drug-likeness (QED) is 0.612. The standard InChI is InChI=1S/C19H16BrNO2/c20-18-7-6-17(22-13-15-4-2-1-3-5-15)12-19(18)23-14-16-8-10-21-11-9-16/h1-12H,13-14H2. The average molecular weight is 370 g/mol. The third kappa shape index (κ3) is 4.57. The van der Waals surface area contributed by atoms with Crippen LogP contribution in [-0.4, -0.2) is 4.98 Å². The van der Waals surface area contributed by atoms with Gasteiger partial charge in [-0.2, -0.15) is 0 Å². The number of halogens is 1. The van der Waals surface area contributed by atoms with E-state index in [-0.39, 0.29) is 0 Å². The topological polar surface area (TPSA) is 31.4 Å². The maximum absolute atomic E-state index is 5.86. The number of hydrogen-bond donors (Lipinski definition) is 0. The zero-order chi connectivity index (χ0) is 15.9. The van der Waals surface area contributed by atoms with Gasteiger partial charge in [-0.25, -0.2) is 0 Å². The molecule has 4 heteroatoms. The molecule has 0 aliphatic heterocycles. The summed E-state index contributed by atoms with van der Waals surface area (Å²) >= 11 is 3.51. The summed E-state index contributed by atoms with van der Waals surface area (Å²) in [4.78, 5) is 4.00. The fourth-order valence-corrected chi connectivity index (χ4v) is 2.43. The number of pyridine rings is 1. The molecule has 1 aromatic heterocycles. The summed E-state index contributed by atoms with van der Waals surface area (Å²) < 4.78 is 12.6. The normalized spacial score (nSPS) is 10.3. The summed E-state index contributed by atoms with van der Waals surface area (Å²) in [5, 5.41) is 0. The van der Waals surface area contributed by atoms with Crippen LogP contribution in [0.3, 0.4) is 0 Å². The van der Waals surface area contributed by atoms with Crippen LogP contribution in [0.1, 0.15) is 11.1 Å². The number of benzene rings is 2. The molecule has 0 unspecified atom stereocenters. The van der Waals surface area contributed by atoms with Crippen LogP contribution in [0, 0.1) is 0 Å². The van der Waals surface area contributed by atoms with Crippen molar-refractivity contribution in [2.45, 2.75) is 13.2 Å². The molecule has 0 saturated carbocycles. The minimum atomic E-state index is 0.489. The molecule has 3 aromatic rings. The lowest BCUT2D eigenvalue weighted by atomic mass is 10.2. The van der Waals surface area contributed by atoms with Crippen LogP contribution < -0.4 is 9.47 Å². The highest BCUT2D eigenvalue weighted by molar-refractivity contribution is 9.10. The Labute approximate surface area is 144 Å². The first kappa shape index (κ1) is 15.6. The Morgan fingerprint density at radius 1 is 0.783 bits per heavy atom. The Bertz CT molecular complexity index is 748. The molecule has 23 heavy (non-hydrogen) atoms. The van der Waals surface area contributed by atoms with Gasteiger partial charge in [-0.15, -0.1) is 0 Å². The van der Waals surface area contributed by atoms with Gasteiger partial charge in [0.05, 0.1) is 4.47 Å². The van der Waals surface area contributed by atoms with E-state index in [1.165, 1.54) is 0 Å². The van der Waals surface area contributed by atoms with Crippen molar-refractivity contribution >= 4 is 15.9 Å². The highest BCUT2D eigenvalue weighted by Gasteiger charge is 2.05. The van der Waals surface area contributed by atoms with Gasteiger partial charge in [0.25, 0.3) is 0 Å². The van der Waals surface area contributed by atoms with Crippen LogP contribution in [0.4, 0.5) is 0 Å². The van der Waals surface area contributed by atoms with E-state index in [4.69, 9.17) is 9.47 Å². The van der Waals surface area contributed by atoms with Crippen molar-refractivity contribution in [2.75, 3.05) is 0 Å². The second-order valence-electron chi connectivity index (χ2n) is 5.01. The van der Waals surface area contributed by atoms with Crippen molar-refractivity contribution in [3.63, 3.8) is 0 Å². The lowest BCUT2D eigenvalue weighted by Gasteiger charge is -2.11. The molecule has 0 fully saturated rings. The van der Waals surface area contributed by atoms with Crippen molar-refractivity contribution in [1.82, 2.24) is 4.98 Å². The SMILES string of the molecule is Brc1ccc(OCc2ccccc2)cc1OCc1ccncc1. The molecule has 0 aliphatic rings. The highest BCUT2D eigenvalue weighted by atomic mass is 79.9. The molecule has 0 radical (unpaired) electrons. The van der Waals surface area contributed by atoms with Crippen LogP contribution in [0.15, 0.2) is 77.5 Å². The number of ether oxygens (including phenoxy) is 2. The van der Waals surface area contributed by atoms with E-state index < -0.39 is 0 Å². The van der Waals surface area contributed by atoms with Gasteiger partial charge in [-0.3, -0.25) is 4.98 Å². The molecule has 0 spiro atoms. The van der Waals surface area contributed by atoms with Crippen LogP contribution in [0.5, 0.6) is 11.5 Å². The second-order valence-corrected chi connectivity index (χ2v) is 5.86. The van der Waals surface area contributed by atoms with Gasteiger partial charge < -0.3 is 9.47 Å². The highest BCUT2D eigenvalue weighted by Crippen LogP contribution is 2.30. The third-order valence-corrected chi connectivity index (χ3v) is 3.95. The van der Waals surface area contributed by atoms with Gasteiger partial charge >= 0.3 is 0 Å². The maximum atomic E-state index is 5.86. The first-order valence-electron chi connectivity index (χ1n) is 7.29. The van der Waals surface area contributed by atoms with E-state index in [0.717, 1.165) is 27.1 Å². The summed E-state index contributed by atoms with van der Waals surface area (Å²) in [5.41, 5.74) is 2.21. The summed E-state index contributed by atoms with van der Waals surface area (Å²) in [6, 6.07) is 19.7. The van der Waals surface area contributed by atoms with Gasteiger partial charge in [0.15, 0.2) is 0 Å². The minimum Gasteiger partial charge on any atom is -0.489 e. The zero-order valence-corrected chi connectivity index (χ0v) is 14.1. The molecule has 0 amide bonds. The Morgan fingerprint density at radius 2 is 1.48 bits per heavy atom. The molecular formula is C19H16BrNO2. The van der Waals surface area contributed by atoms with Gasteiger partial charge in [0.1, 0.15) is 24.7 Å². The van der Waals surface area contributed by atoms with Gasteiger partial charge in [-0.05, 0) is 51.3 Å². The largest absolute Gasteiger partial charge is 0.489 e. The van der Waals surface area contributed by atoms with E-state index in [9.17, 15) is 0 Å². The van der Waals surface area contributed by atoms with Gasteiger partial charge in [-0.1, -0.05) is 30.3 Å². The Balaban J connectivity index is 1.64. The van der Waals surface area contributed by atoms with Crippen molar-refractivity contribution < 1.29 is 9.47 Å². The number of hydrogen-bond acceptors (Lipinski definition) is 3. The van der Waals surface area contributed by atoms with Crippen molar-refractivity contribution in [2.24, 2.45) is 0 Å². The number of nitrogens with zero attached hydrogens (tertiary/aromatic N) is 1. The molecule has 0 atom stereocenters. The Hall–Kier alpha value is -2.33. The fourth-order valence-electron chi connectivity index (χ4n) is 2.07. The fraction of sp³-hybridized carbons (Fsp3) is 0.105. The predicted molar refractivity (Wildman–Crippen MR) is 93.5 cm³/mol. The number of rotatable bonds is 6. The van der Waals surface area contributed by atoms with Gasteiger partial charge in [0, 0.05) is 18.5 Å². The smallest absolute Gasteiger partial charge is 0.137 e. The van der Waals surface area contributed by atoms with Crippen molar-refractivity contribution in [3.05, 3.63) is 88.7 Å². The lowest BCUT2D eigenvalue weighted by Crippen LogP contribution is -1.98. The maximum Gasteiger partial charge on any atom is 0.137 e. The molecule has 0 saturated heterocycles. The first-order valence-corrected chi connectivity index (χ1v) is 8.08. The van der Waals surface area contributed by atoms with Gasteiger partial charge in [0.2, 0.25) is 0 Å². The monoisotopic (exact) mass is 369 g/mol. The molecule has 3 nitrogen and oxygen atoms in total. The Morgan fingerprint density at radius 3 is 2.26 bits per heavy atom.